The molecule has 0 spiro atoms. The molecule has 0 atom stereocenters. The monoisotopic (exact) mass is 365 g/mol. The molecule has 0 aromatic carbocycles. The number of anilines is 1. The van der Waals surface area contributed by atoms with Crippen LogP contribution in [0.15, 0.2) is 35.9 Å². The van der Waals surface area contributed by atoms with Crippen LogP contribution in [-0.2, 0) is 26.1 Å². The van der Waals surface area contributed by atoms with E-state index in [0.717, 1.165) is 5.56 Å². The Kier molecular flexibility index (Phi) is 5.11. The fourth-order valence-electron chi connectivity index (χ4n) is 2.37. The molecule has 10 heteroatoms. The number of nitrogens with one attached hydrogen (secondary N) is 1. The van der Waals surface area contributed by atoms with Gasteiger partial charge in [-0.3, -0.25) is 4.79 Å². The van der Waals surface area contributed by atoms with Crippen molar-refractivity contribution >= 4 is 21.7 Å². The number of aryl methyl sites for hydroxylation is 1. The fourth-order valence-corrected chi connectivity index (χ4v) is 3.71. The lowest BCUT2D eigenvalue weighted by Gasteiger charge is -2.24. The highest BCUT2D eigenvalue weighted by molar-refractivity contribution is 7.89. The van der Waals surface area contributed by atoms with Gasteiger partial charge in [-0.15, -0.1) is 0 Å². The van der Waals surface area contributed by atoms with Crippen molar-refractivity contribution in [3.63, 3.8) is 0 Å². The van der Waals surface area contributed by atoms with Gasteiger partial charge >= 0.3 is 0 Å². The Hall–Kier alpha value is -2.30. The van der Waals surface area contributed by atoms with E-state index in [1.165, 1.54) is 21.4 Å². The first-order valence-corrected chi connectivity index (χ1v) is 9.21. The van der Waals surface area contributed by atoms with Crippen LogP contribution in [0.4, 0.5) is 5.82 Å². The van der Waals surface area contributed by atoms with Crippen molar-refractivity contribution in [2.45, 2.75) is 18.5 Å². The predicted octanol–water partition coefficient (Wildman–Crippen LogP) is 0.246. The largest absolute Gasteiger partial charge is 0.379 e. The summed E-state index contributed by atoms with van der Waals surface area (Å²) in [5.74, 6) is 0.126. The Bertz CT molecular complexity index is 841. The number of nitrogens with zero attached hydrogens (tertiary/aromatic N) is 4. The molecule has 0 radical (unpaired) electrons. The van der Waals surface area contributed by atoms with Crippen molar-refractivity contribution in [3.8, 4) is 0 Å². The Morgan fingerprint density at radius 2 is 2.04 bits per heavy atom. The number of aromatic nitrogens is 3. The van der Waals surface area contributed by atoms with Gasteiger partial charge in [0.1, 0.15) is 12.4 Å². The van der Waals surface area contributed by atoms with Gasteiger partial charge in [-0.25, -0.2) is 18.4 Å². The normalized spacial score (nSPS) is 15.9. The number of amides is 1. The van der Waals surface area contributed by atoms with Crippen LogP contribution in [0.1, 0.15) is 5.56 Å². The van der Waals surface area contributed by atoms with Gasteiger partial charge in [-0.1, -0.05) is 6.07 Å². The zero-order chi connectivity index (χ0) is 17.9. The SMILES string of the molecule is Cc1ccc(NC(=O)Cn2cnc(S(=O)(=O)N3CCOCC3)c2)nc1. The van der Waals surface area contributed by atoms with Crippen molar-refractivity contribution in [2.24, 2.45) is 0 Å². The number of hydrogen-bond donors (Lipinski definition) is 1. The first-order chi connectivity index (χ1) is 11.9. The first-order valence-electron chi connectivity index (χ1n) is 7.77. The second-order valence-corrected chi connectivity index (χ2v) is 7.55. The summed E-state index contributed by atoms with van der Waals surface area (Å²) < 4.78 is 32.9. The molecule has 0 aliphatic carbocycles. The average molecular weight is 365 g/mol. The minimum absolute atomic E-state index is 0.0544. The highest BCUT2D eigenvalue weighted by Gasteiger charge is 2.28. The topological polar surface area (TPSA) is 106 Å². The summed E-state index contributed by atoms with van der Waals surface area (Å²) in [5.41, 5.74) is 0.991. The summed E-state index contributed by atoms with van der Waals surface area (Å²) >= 11 is 0. The van der Waals surface area contributed by atoms with Gasteiger partial charge in [0.15, 0.2) is 5.03 Å². The van der Waals surface area contributed by atoms with E-state index in [1.807, 2.05) is 13.0 Å². The van der Waals surface area contributed by atoms with Gasteiger partial charge in [0, 0.05) is 25.5 Å². The molecule has 1 aliphatic rings. The van der Waals surface area contributed by atoms with Crippen LogP contribution in [-0.4, -0.2) is 59.5 Å². The van der Waals surface area contributed by atoms with Gasteiger partial charge in [-0.2, -0.15) is 4.31 Å². The molecule has 2 aromatic heterocycles. The van der Waals surface area contributed by atoms with E-state index in [1.54, 1.807) is 12.3 Å². The number of rotatable bonds is 5. The predicted molar refractivity (Wildman–Crippen MR) is 89.4 cm³/mol. The number of imidazole rings is 1. The maximum atomic E-state index is 12.5. The van der Waals surface area contributed by atoms with Crippen LogP contribution in [0.3, 0.4) is 0 Å². The van der Waals surface area contributed by atoms with Crippen LogP contribution < -0.4 is 5.32 Å². The highest BCUT2D eigenvalue weighted by atomic mass is 32.2. The van der Waals surface area contributed by atoms with E-state index in [4.69, 9.17) is 4.74 Å². The molecule has 1 fully saturated rings. The Morgan fingerprint density at radius 3 is 2.72 bits per heavy atom. The molecule has 1 N–H and O–H groups in total. The number of ether oxygens (including phenoxy) is 1. The summed E-state index contributed by atoms with van der Waals surface area (Å²) in [6.07, 6.45) is 4.34. The number of hydrogen-bond acceptors (Lipinski definition) is 6. The average Bonchev–Trinajstić information content (AvgIpc) is 3.07. The van der Waals surface area contributed by atoms with E-state index in [0.29, 0.717) is 32.1 Å². The van der Waals surface area contributed by atoms with Crippen LogP contribution in [0.2, 0.25) is 0 Å². The standard InChI is InChI=1S/C15H19N5O4S/c1-12-2-3-13(16-8-12)18-14(21)9-19-10-15(17-11-19)25(22,23)20-4-6-24-7-5-20/h2-3,8,10-11H,4-7,9H2,1H3,(H,16,18,21). The second-order valence-electron chi connectivity index (χ2n) is 5.67. The molecule has 3 rings (SSSR count). The fraction of sp³-hybridized carbons (Fsp3) is 0.400. The van der Waals surface area contributed by atoms with Crippen LogP contribution >= 0.6 is 0 Å². The smallest absolute Gasteiger partial charge is 0.262 e. The number of carbonyl (C=O) groups excluding carboxylic acids is 1. The third-order valence-corrected chi connectivity index (χ3v) is 5.47. The van der Waals surface area contributed by atoms with Crippen LogP contribution in [0.25, 0.3) is 0 Å². The van der Waals surface area contributed by atoms with Gasteiger partial charge < -0.3 is 14.6 Å². The van der Waals surface area contributed by atoms with Crippen molar-refractivity contribution < 1.29 is 17.9 Å². The van der Waals surface area contributed by atoms with Crippen molar-refractivity contribution in [3.05, 3.63) is 36.4 Å². The maximum Gasteiger partial charge on any atom is 0.262 e. The van der Waals surface area contributed by atoms with Gasteiger partial charge in [0.2, 0.25) is 5.91 Å². The zero-order valence-electron chi connectivity index (χ0n) is 13.8. The summed E-state index contributed by atoms with van der Waals surface area (Å²) in [7, 11) is -3.66. The third kappa shape index (κ3) is 4.21. The first kappa shape index (κ1) is 17.5. The van der Waals surface area contributed by atoms with Crippen LogP contribution in [0.5, 0.6) is 0 Å². The molecule has 25 heavy (non-hydrogen) atoms. The molecular weight excluding hydrogens is 346 g/mol. The molecule has 1 saturated heterocycles. The van der Waals surface area contributed by atoms with Gasteiger partial charge in [-0.05, 0) is 18.6 Å². The van der Waals surface area contributed by atoms with E-state index in [9.17, 15) is 13.2 Å². The van der Waals surface area contributed by atoms with Crippen molar-refractivity contribution in [1.82, 2.24) is 18.8 Å². The molecule has 2 aromatic rings. The Labute approximate surface area is 145 Å². The zero-order valence-corrected chi connectivity index (χ0v) is 14.6. The lowest BCUT2D eigenvalue weighted by molar-refractivity contribution is -0.116. The van der Waals surface area contributed by atoms with Gasteiger partial charge in [0.05, 0.1) is 19.5 Å². The molecule has 1 aliphatic heterocycles. The van der Waals surface area contributed by atoms with Crippen molar-refractivity contribution in [2.75, 3.05) is 31.6 Å². The molecule has 0 unspecified atom stereocenters. The Balaban J connectivity index is 1.64. The van der Waals surface area contributed by atoms with E-state index in [-0.39, 0.29) is 17.5 Å². The van der Waals surface area contributed by atoms with E-state index >= 15 is 0 Å². The maximum absolute atomic E-state index is 12.5. The van der Waals surface area contributed by atoms with Gasteiger partial charge in [0.25, 0.3) is 10.0 Å². The summed E-state index contributed by atoms with van der Waals surface area (Å²) in [4.78, 5) is 20.1. The summed E-state index contributed by atoms with van der Waals surface area (Å²) in [6.45, 7) is 3.18. The third-order valence-electron chi connectivity index (χ3n) is 3.69. The van der Waals surface area contributed by atoms with E-state index < -0.39 is 10.0 Å². The highest BCUT2D eigenvalue weighted by Crippen LogP contribution is 2.15. The molecule has 0 bridgehead atoms. The number of morpholine rings is 1. The minimum Gasteiger partial charge on any atom is -0.379 e. The molecular formula is C15H19N5O4S. The lowest BCUT2D eigenvalue weighted by Crippen LogP contribution is -2.40. The summed E-state index contributed by atoms with van der Waals surface area (Å²) in [5, 5.41) is 2.58. The Morgan fingerprint density at radius 1 is 1.28 bits per heavy atom. The number of pyridine rings is 1. The molecule has 9 nitrogen and oxygen atoms in total. The van der Waals surface area contributed by atoms with Crippen LogP contribution in [0, 0.1) is 6.92 Å². The minimum atomic E-state index is -3.66. The molecule has 0 saturated carbocycles. The number of sulfonamides is 1. The second kappa shape index (κ2) is 7.30. The number of carbonyl (C=O) groups is 1. The quantitative estimate of drug-likeness (QED) is 0.814. The molecule has 134 valence electrons. The summed E-state index contributed by atoms with van der Waals surface area (Å²) in [6, 6.07) is 3.54. The lowest BCUT2D eigenvalue weighted by atomic mass is 10.3. The molecule has 1 amide bonds. The van der Waals surface area contributed by atoms with E-state index in [2.05, 4.69) is 15.3 Å². The molecule has 3 heterocycles. The van der Waals surface area contributed by atoms with Crippen molar-refractivity contribution in [1.29, 1.82) is 0 Å².